The number of aromatic nitrogens is 1. The molecule has 0 aliphatic carbocycles. The first-order valence-corrected chi connectivity index (χ1v) is 6.10. The summed E-state index contributed by atoms with van der Waals surface area (Å²) in [6.45, 7) is 0.255. The van der Waals surface area contributed by atoms with E-state index in [4.69, 9.17) is 23.2 Å². The first-order valence-electron chi connectivity index (χ1n) is 5.35. The number of halogens is 2. The molecule has 0 amide bonds. The Labute approximate surface area is 119 Å². The van der Waals surface area contributed by atoms with Crippen LogP contribution in [0.15, 0.2) is 36.5 Å². The predicted octanol–water partition coefficient (Wildman–Crippen LogP) is 3.91. The average Bonchev–Trinajstić information content (AvgIpc) is 2.38. The summed E-state index contributed by atoms with van der Waals surface area (Å²) in [4.78, 5) is 14.5. The quantitative estimate of drug-likeness (QED) is 0.686. The molecule has 0 spiro atoms. The van der Waals surface area contributed by atoms with Gasteiger partial charge in [-0.3, -0.25) is 10.1 Å². The maximum absolute atomic E-state index is 10.9. The number of pyridine rings is 1. The number of benzene rings is 1. The van der Waals surface area contributed by atoms with Gasteiger partial charge in [0.1, 0.15) is 5.82 Å². The van der Waals surface area contributed by atoms with Crippen molar-refractivity contribution in [1.82, 2.24) is 4.98 Å². The van der Waals surface area contributed by atoms with Crippen LogP contribution in [0.5, 0.6) is 0 Å². The number of nitro benzene ring substituents is 1. The summed E-state index contributed by atoms with van der Waals surface area (Å²) in [6, 6.07) is 8.04. The molecule has 0 saturated carbocycles. The van der Waals surface area contributed by atoms with Gasteiger partial charge in [0.25, 0.3) is 5.69 Å². The molecule has 1 aromatic carbocycles. The second kappa shape index (κ2) is 5.86. The van der Waals surface area contributed by atoms with Crippen molar-refractivity contribution in [2.75, 3.05) is 5.32 Å². The van der Waals surface area contributed by atoms with Gasteiger partial charge in [0.2, 0.25) is 0 Å². The predicted molar refractivity (Wildman–Crippen MR) is 74.7 cm³/mol. The number of nitrogens with one attached hydrogen (secondary N) is 1. The van der Waals surface area contributed by atoms with E-state index in [-0.39, 0.29) is 12.2 Å². The van der Waals surface area contributed by atoms with Crippen LogP contribution in [0.2, 0.25) is 10.0 Å². The zero-order valence-electron chi connectivity index (χ0n) is 9.64. The average molecular weight is 298 g/mol. The molecule has 2 rings (SSSR count). The van der Waals surface area contributed by atoms with Crippen molar-refractivity contribution in [1.29, 1.82) is 0 Å². The SMILES string of the molecule is O=[N+]([O-])c1ccccc1CNc1ncc(Cl)cc1Cl. The number of nitrogens with zero attached hydrogens (tertiary/aromatic N) is 2. The Morgan fingerprint density at radius 1 is 1.32 bits per heavy atom. The summed E-state index contributed by atoms with van der Waals surface area (Å²) < 4.78 is 0. The van der Waals surface area contributed by atoms with Crippen LogP contribution in [-0.4, -0.2) is 9.91 Å². The van der Waals surface area contributed by atoms with Crippen molar-refractivity contribution in [3.8, 4) is 0 Å². The topological polar surface area (TPSA) is 68.1 Å². The van der Waals surface area contributed by atoms with Crippen molar-refractivity contribution in [2.24, 2.45) is 0 Å². The Kier molecular flexibility index (Phi) is 4.19. The van der Waals surface area contributed by atoms with Crippen molar-refractivity contribution in [3.63, 3.8) is 0 Å². The van der Waals surface area contributed by atoms with Gasteiger partial charge >= 0.3 is 0 Å². The van der Waals surface area contributed by atoms with Gasteiger partial charge in [0.05, 0.1) is 15.0 Å². The van der Waals surface area contributed by atoms with Crippen LogP contribution < -0.4 is 5.32 Å². The third-order valence-electron chi connectivity index (χ3n) is 2.44. The summed E-state index contributed by atoms with van der Waals surface area (Å²) in [5.74, 6) is 0.434. The van der Waals surface area contributed by atoms with E-state index in [1.54, 1.807) is 24.3 Å². The van der Waals surface area contributed by atoms with E-state index in [1.807, 2.05) is 0 Å². The highest BCUT2D eigenvalue weighted by atomic mass is 35.5. The largest absolute Gasteiger partial charge is 0.364 e. The summed E-state index contributed by atoms with van der Waals surface area (Å²) in [5.41, 5.74) is 0.611. The van der Waals surface area contributed by atoms with Gasteiger partial charge < -0.3 is 5.32 Å². The maximum atomic E-state index is 10.9. The molecule has 0 fully saturated rings. The molecule has 1 N–H and O–H groups in total. The van der Waals surface area contributed by atoms with E-state index in [2.05, 4.69) is 10.3 Å². The minimum absolute atomic E-state index is 0.0556. The fourth-order valence-corrected chi connectivity index (χ4v) is 2.01. The molecule has 0 saturated heterocycles. The molecule has 0 aliphatic heterocycles. The molecule has 1 heterocycles. The molecule has 0 unspecified atom stereocenters. The second-order valence-electron chi connectivity index (χ2n) is 3.72. The molecule has 0 radical (unpaired) electrons. The van der Waals surface area contributed by atoms with Crippen LogP contribution in [0.25, 0.3) is 0 Å². The van der Waals surface area contributed by atoms with Crippen LogP contribution in [0.3, 0.4) is 0 Å². The minimum Gasteiger partial charge on any atom is -0.364 e. The van der Waals surface area contributed by atoms with Gasteiger partial charge in [-0.25, -0.2) is 4.98 Å². The number of hydrogen-bond donors (Lipinski definition) is 1. The van der Waals surface area contributed by atoms with Crippen LogP contribution in [0.4, 0.5) is 11.5 Å². The normalized spacial score (nSPS) is 10.2. The molecular weight excluding hydrogens is 289 g/mol. The standard InChI is InChI=1S/C12H9Cl2N3O2/c13-9-5-10(14)12(16-7-9)15-6-8-3-1-2-4-11(8)17(18)19/h1-5,7H,6H2,(H,15,16). The van der Waals surface area contributed by atoms with Crippen LogP contribution in [-0.2, 0) is 6.54 Å². The van der Waals surface area contributed by atoms with Gasteiger partial charge in [0.15, 0.2) is 0 Å². The van der Waals surface area contributed by atoms with E-state index in [0.29, 0.717) is 21.4 Å². The van der Waals surface area contributed by atoms with Crippen molar-refractivity contribution in [2.45, 2.75) is 6.54 Å². The summed E-state index contributed by atoms with van der Waals surface area (Å²) in [6.07, 6.45) is 1.45. The van der Waals surface area contributed by atoms with E-state index in [0.717, 1.165) is 0 Å². The van der Waals surface area contributed by atoms with Crippen LogP contribution >= 0.6 is 23.2 Å². The van der Waals surface area contributed by atoms with Gasteiger partial charge in [-0.1, -0.05) is 41.4 Å². The Morgan fingerprint density at radius 3 is 2.74 bits per heavy atom. The summed E-state index contributed by atoms with van der Waals surface area (Å²) >= 11 is 11.7. The third-order valence-corrected chi connectivity index (χ3v) is 2.94. The third kappa shape index (κ3) is 3.33. The molecule has 7 heteroatoms. The molecule has 1 aromatic heterocycles. The Hall–Kier alpha value is -1.85. The van der Waals surface area contributed by atoms with E-state index < -0.39 is 4.92 Å². The van der Waals surface area contributed by atoms with E-state index in [9.17, 15) is 10.1 Å². The highest BCUT2D eigenvalue weighted by Gasteiger charge is 2.12. The molecule has 0 atom stereocenters. The lowest BCUT2D eigenvalue weighted by atomic mass is 10.2. The lowest BCUT2D eigenvalue weighted by Crippen LogP contribution is -2.04. The molecule has 19 heavy (non-hydrogen) atoms. The zero-order chi connectivity index (χ0) is 13.8. The van der Waals surface area contributed by atoms with Crippen LogP contribution in [0, 0.1) is 10.1 Å². The highest BCUT2D eigenvalue weighted by molar-refractivity contribution is 6.35. The van der Waals surface area contributed by atoms with E-state index in [1.165, 1.54) is 12.3 Å². The number of hydrogen-bond acceptors (Lipinski definition) is 4. The fourth-order valence-electron chi connectivity index (χ4n) is 1.56. The van der Waals surface area contributed by atoms with Crippen LogP contribution in [0.1, 0.15) is 5.56 Å². The van der Waals surface area contributed by atoms with Crippen molar-refractivity contribution >= 4 is 34.7 Å². The fraction of sp³-hybridized carbons (Fsp3) is 0.0833. The molecular formula is C12H9Cl2N3O2. The number of rotatable bonds is 4. The van der Waals surface area contributed by atoms with Crippen molar-refractivity contribution in [3.05, 3.63) is 62.3 Å². The second-order valence-corrected chi connectivity index (χ2v) is 4.57. The summed E-state index contributed by atoms with van der Waals surface area (Å²) in [5, 5.41) is 14.6. The Morgan fingerprint density at radius 2 is 2.05 bits per heavy atom. The summed E-state index contributed by atoms with van der Waals surface area (Å²) in [7, 11) is 0. The molecule has 0 aliphatic rings. The molecule has 5 nitrogen and oxygen atoms in total. The van der Waals surface area contributed by atoms with Gasteiger partial charge in [-0.15, -0.1) is 0 Å². The molecule has 98 valence electrons. The zero-order valence-corrected chi connectivity index (χ0v) is 11.1. The Bertz CT molecular complexity index is 620. The highest BCUT2D eigenvalue weighted by Crippen LogP contribution is 2.24. The smallest absolute Gasteiger partial charge is 0.274 e. The van der Waals surface area contributed by atoms with Gasteiger partial charge in [0, 0.05) is 24.4 Å². The molecule has 0 bridgehead atoms. The van der Waals surface area contributed by atoms with Gasteiger partial charge in [-0.2, -0.15) is 0 Å². The number of anilines is 1. The first-order chi connectivity index (χ1) is 9.08. The van der Waals surface area contributed by atoms with Gasteiger partial charge in [-0.05, 0) is 6.07 Å². The lowest BCUT2D eigenvalue weighted by molar-refractivity contribution is -0.385. The van der Waals surface area contributed by atoms with E-state index >= 15 is 0 Å². The monoisotopic (exact) mass is 297 g/mol. The minimum atomic E-state index is -0.423. The Balaban J connectivity index is 2.17. The first kappa shape index (κ1) is 13.6. The number of para-hydroxylation sites is 1. The maximum Gasteiger partial charge on any atom is 0.274 e. The van der Waals surface area contributed by atoms with Crippen molar-refractivity contribution < 1.29 is 4.92 Å². The lowest BCUT2D eigenvalue weighted by Gasteiger charge is -2.07. The molecule has 2 aromatic rings. The number of nitro groups is 1.